The van der Waals surface area contributed by atoms with Crippen LogP contribution in [0.25, 0.3) is 0 Å². The summed E-state index contributed by atoms with van der Waals surface area (Å²) in [5.41, 5.74) is 5.48. The van der Waals surface area contributed by atoms with Gasteiger partial charge in [-0.2, -0.15) is 0 Å². The van der Waals surface area contributed by atoms with Crippen molar-refractivity contribution in [3.8, 4) is 0 Å². The minimum absolute atomic E-state index is 0.223. The zero-order valence-electron chi connectivity index (χ0n) is 8.74. The van der Waals surface area contributed by atoms with Crippen LogP contribution in [0.15, 0.2) is 0 Å². The molecule has 0 bridgehead atoms. The molecule has 0 radical (unpaired) electrons. The average Bonchev–Trinajstić information content (AvgIpc) is 2.43. The Morgan fingerprint density at radius 2 is 2.14 bits per heavy atom. The number of amides is 1. The van der Waals surface area contributed by atoms with Gasteiger partial charge in [0.1, 0.15) is 0 Å². The van der Waals surface area contributed by atoms with Crippen molar-refractivity contribution in [2.75, 3.05) is 46.4 Å². The molecule has 0 saturated carbocycles. The van der Waals surface area contributed by atoms with E-state index in [1.54, 1.807) is 4.90 Å². The highest BCUT2D eigenvalue weighted by Crippen LogP contribution is 2.03. The lowest BCUT2D eigenvalue weighted by molar-refractivity contribution is 0.125. The molecule has 0 aromatic rings. The second-order valence-electron chi connectivity index (χ2n) is 3.44. The predicted octanol–water partition coefficient (Wildman–Crippen LogP) is -0.281. The minimum Gasteiger partial charge on any atom is -0.453 e. The Labute approximate surface area is 84.8 Å². The van der Waals surface area contributed by atoms with Gasteiger partial charge in [-0.05, 0) is 13.0 Å². The number of carbonyl (C=O) groups excluding carboxylic acids is 1. The molecular formula is C9H19N3O2. The fourth-order valence-corrected chi connectivity index (χ4v) is 1.69. The number of carbonyl (C=O) groups is 1. The first-order chi connectivity index (χ1) is 6.77. The van der Waals surface area contributed by atoms with Crippen molar-refractivity contribution in [2.45, 2.75) is 6.42 Å². The first kappa shape index (κ1) is 11.3. The summed E-state index contributed by atoms with van der Waals surface area (Å²) in [6.07, 6.45) is 0.773. The summed E-state index contributed by atoms with van der Waals surface area (Å²) in [6, 6.07) is 0. The normalized spacial score (nSPS) is 19.1. The number of hydrogen-bond acceptors (Lipinski definition) is 4. The van der Waals surface area contributed by atoms with Gasteiger partial charge in [0.15, 0.2) is 0 Å². The molecule has 1 heterocycles. The van der Waals surface area contributed by atoms with Gasteiger partial charge >= 0.3 is 6.09 Å². The second-order valence-corrected chi connectivity index (χ2v) is 3.44. The summed E-state index contributed by atoms with van der Waals surface area (Å²) >= 11 is 0. The first-order valence-electron chi connectivity index (χ1n) is 5.03. The van der Waals surface area contributed by atoms with E-state index in [1.165, 1.54) is 7.11 Å². The molecule has 5 heteroatoms. The van der Waals surface area contributed by atoms with E-state index < -0.39 is 0 Å². The topological polar surface area (TPSA) is 58.8 Å². The summed E-state index contributed by atoms with van der Waals surface area (Å²) in [7, 11) is 1.42. The molecule has 0 unspecified atom stereocenters. The highest BCUT2D eigenvalue weighted by molar-refractivity contribution is 5.67. The lowest BCUT2D eigenvalue weighted by Crippen LogP contribution is -2.36. The Bertz CT molecular complexity index is 187. The SMILES string of the molecule is COC(=O)N1CCCN(CCN)CC1. The molecule has 0 spiro atoms. The third kappa shape index (κ3) is 3.16. The minimum atomic E-state index is -0.223. The number of nitrogens with two attached hydrogens (primary N) is 1. The van der Waals surface area contributed by atoms with Gasteiger partial charge in [0.25, 0.3) is 0 Å². The van der Waals surface area contributed by atoms with Crippen LogP contribution in [0, 0.1) is 0 Å². The quantitative estimate of drug-likeness (QED) is 0.667. The smallest absolute Gasteiger partial charge is 0.409 e. The Kier molecular flexibility index (Phi) is 4.69. The van der Waals surface area contributed by atoms with Crippen LogP contribution >= 0.6 is 0 Å². The van der Waals surface area contributed by atoms with Gasteiger partial charge in [0, 0.05) is 32.7 Å². The van der Waals surface area contributed by atoms with E-state index in [2.05, 4.69) is 9.64 Å². The van der Waals surface area contributed by atoms with Crippen molar-refractivity contribution >= 4 is 6.09 Å². The van der Waals surface area contributed by atoms with Gasteiger partial charge in [0.05, 0.1) is 7.11 Å². The highest BCUT2D eigenvalue weighted by atomic mass is 16.5. The lowest BCUT2D eigenvalue weighted by atomic mass is 10.4. The molecule has 1 aliphatic rings. The molecule has 1 saturated heterocycles. The molecule has 2 N–H and O–H groups in total. The van der Waals surface area contributed by atoms with Crippen LogP contribution in [0.3, 0.4) is 0 Å². The molecule has 0 aromatic heterocycles. The van der Waals surface area contributed by atoms with E-state index in [1.807, 2.05) is 0 Å². The molecule has 1 rings (SSSR count). The van der Waals surface area contributed by atoms with Crippen molar-refractivity contribution < 1.29 is 9.53 Å². The number of methoxy groups -OCH3 is 1. The number of nitrogens with zero attached hydrogens (tertiary/aromatic N) is 2. The van der Waals surface area contributed by atoms with Gasteiger partial charge < -0.3 is 20.3 Å². The van der Waals surface area contributed by atoms with Crippen LogP contribution < -0.4 is 5.73 Å². The molecule has 0 aliphatic carbocycles. The van der Waals surface area contributed by atoms with Crippen molar-refractivity contribution in [1.82, 2.24) is 9.80 Å². The lowest BCUT2D eigenvalue weighted by Gasteiger charge is -2.20. The molecular weight excluding hydrogens is 182 g/mol. The zero-order chi connectivity index (χ0) is 10.4. The molecule has 5 nitrogen and oxygen atoms in total. The Balaban J connectivity index is 2.36. The highest BCUT2D eigenvalue weighted by Gasteiger charge is 2.18. The van der Waals surface area contributed by atoms with Crippen molar-refractivity contribution in [3.63, 3.8) is 0 Å². The molecule has 1 aliphatic heterocycles. The predicted molar refractivity (Wildman–Crippen MR) is 54.1 cm³/mol. The van der Waals surface area contributed by atoms with Gasteiger partial charge in [-0.1, -0.05) is 0 Å². The maximum atomic E-state index is 11.2. The summed E-state index contributed by atoms with van der Waals surface area (Å²) in [5, 5.41) is 0. The summed E-state index contributed by atoms with van der Waals surface area (Å²) in [6.45, 7) is 5.03. The third-order valence-electron chi connectivity index (χ3n) is 2.47. The average molecular weight is 201 g/mol. The van der Waals surface area contributed by atoms with Crippen LogP contribution in [0.5, 0.6) is 0 Å². The van der Waals surface area contributed by atoms with Crippen LogP contribution in [0.1, 0.15) is 6.42 Å². The molecule has 0 aromatic carbocycles. The molecule has 1 fully saturated rings. The molecule has 82 valence electrons. The Morgan fingerprint density at radius 1 is 1.36 bits per heavy atom. The van der Waals surface area contributed by atoms with Crippen LogP contribution in [-0.2, 0) is 4.74 Å². The molecule has 1 amide bonds. The van der Waals surface area contributed by atoms with Crippen molar-refractivity contribution in [3.05, 3.63) is 0 Å². The summed E-state index contributed by atoms with van der Waals surface area (Å²) < 4.78 is 4.68. The van der Waals surface area contributed by atoms with Crippen molar-refractivity contribution in [1.29, 1.82) is 0 Å². The fraction of sp³-hybridized carbons (Fsp3) is 0.889. The fourth-order valence-electron chi connectivity index (χ4n) is 1.69. The van der Waals surface area contributed by atoms with Crippen LogP contribution in [0.4, 0.5) is 4.79 Å². The van der Waals surface area contributed by atoms with E-state index in [-0.39, 0.29) is 6.09 Å². The van der Waals surface area contributed by atoms with E-state index >= 15 is 0 Å². The maximum absolute atomic E-state index is 11.2. The molecule has 14 heavy (non-hydrogen) atoms. The number of hydrogen-bond donors (Lipinski definition) is 1. The standard InChI is InChI=1S/C9H19N3O2/c1-14-9(13)12-5-2-4-11(6-3-10)7-8-12/h2-8,10H2,1H3. The number of ether oxygens (including phenoxy) is 1. The van der Waals surface area contributed by atoms with Gasteiger partial charge in [-0.15, -0.1) is 0 Å². The Morgan fingerprint density at radius 3 is 2.79 bits per heavy atom. The molecule has 0 atom stereocenters. The van der Waals surface area contributed by atoms with E-state index in [4.69, 9.17) is 5.73 Å². The van der Waals surface area contributed by atoms with E-state index in [0.717, 1.165) is 39.1 Å². The third-order valence-corrected chi connectivity index (χ3v) is 2.47. The second kappa shape index (κ2) is 5.82. The summed E-state index contributed by atoms with van der Waals surface area (Å²) in [5.74, 6) is 0. The van der Waals surface area contributed by atoms with Gasteiger partial charge in [-0.3, -0.25) is 0 Å². The van der Waals surface area contributed by atoms with Gasteiger partial charge in [-0.25, -0.2) is 4.79 Å². The van der Waals surface area contributed by atoms with Gasteiger partial charge in [0.2, 0.25) is 0 Å². The maximum Gasteiger partial charge on any atom is 0.409 e. The van der Waals surface area contributed by atoms with E-state index in [0.29, 0.717) is 6.54 Å². The van der Waals surface area contributed by atoms with E-state index in [9.17, 15) is 4.79 Å². The Hall–Kier alpha value is -0.810. The number of rotatable bonds is 2. The van der Waals surface area contributed by atoms with Crippen LogP contribution in [0.2, 0.25) is 0 Å². The largest absolute Gasteiger partial charge is 0.453 e. The first-order valence-corrected chi connectivity index (χ1v) is 5.03. The summed E-state index contributed by atoms with van der Waals surface area (Å²) in [4.78, 5) is 15.3. The van der Waals surface area contributed by atoms with Crippen LogP contribution in [-0.4, -0.2) is 62.3 Å². The van der Waals surface area contributed by atoms with Crippen molar-refractivity contribution in [2.24, 2.45) is 5.73 Å². The monoisotopic (exact) mass is 201 g/mol. The zero-order valence-corrected chi connectivity index (χ0v) is 8.74.